The molecule has 116 valence electrons. The molecule has 1 N–H and O–H groups in total. The molecule has 5 heteroatoms. The fourth-order valence-corrected chi connectivity index (χ4v) is 2.28. The summed E-state index contributed by atoms with van der Waals surface area (Å²) in [7, 11) is 0. The highest BCUT2D eigenvalue weighted by atomic mass is 35.5. The van der Waals surface area contributed by atoms with Gasteiger partial charge in [0.25, 0.3) is 5.91 Å². The first kappa shape index (κ1) is 16.7. The van der Waals surface area contributed by atoms with Crippen LogP contribution in [0.1, 0.15) is 18.9 Å². The van der Waals surface area contributed by atoms with Crippen LogP contribution in [-0.2, 0) is 4.79 Å². The van der Waals surface area contributed by atoms with E-state index in [9.17, 15) is 4.79 Å². The number of nitrogens with one attached hydrogen (secondary N) is 1. The predicted octanol–water partition coefficient (Wildman–Crippen LogP) is 5.10. The maximum atomic E-state index is 12.3. The van der Waals surface area contributed by atoms with Crippen molar-refractivity contribution in [3.8, 4) is 5.75 Å². The summed E-state index contributed by atoms with van der Waals surface area (Å²) >= 11 is 12.0. The molecule has 0 aliphatic carbocycles. The maximum absolute atomic E-state index is 12.3. The third kappa shape index (κ3) is 4.39. The Bertz CT molecular complexity index is 673. The van der Waals surface area contributed by atoms with Crippen molar-refractivity contribution in [1.82, 2.24) is 0 Å². The quantitative estimate of drug-likeness (QED) is 0.824. The molecule has 0 unspecified atom stereocenters. The van der Waals surface area contributed by atoms with Crippen LogP contribution in [0.5, 0.6) is 5.75 Å². The summed E-state index contributed by atoms with van der Waals surface area (Å²) in [4.78, 5) is 12.3. The highest BCUT2D eigenvalue weighted by Gasteiger charge is 2.18. The van der Waals surface area contributed by atoms with Gasteiger partial charge in [-0.3, -0.25) is 4.79 Å². The molecule has 2 aromatic rings. The third-order valence-corrected chi connectivity index (χ3v) is 3.82. The van der Waals surface area contributed by atoms with Crippen molar-refractivity contribution in [3.63, 3.8) is 0 Å². The van der Waals surface area contributed by atoms with Crippen LogP contribution in [0, 0.1) is 6.92 Å². The molecule has 3 nitrogen and oxygen atoms in total. The number of hydrogen-bond donors (Lipinski definition) is 1. The molecule has 0 aliphatic heterocycles. The number of hydrogen-bond acceptors (Lipinski definition) is 2. The van der Waals surface area contributed by atoms with E-state index in [0.717, 1.165) is 5.56 Å². The highest BCUT2D eigenvalue weighted by molar-refractivity contribution is 6.31. The van der Waals surface area contributed by atoms with Crippen LogP contribution >= 0.6 is 23.2 Å². The summed E-state index contributed by atoms with van der Waals surface area (Å²) in [5.41, 5.74) is 1.61. The van der Waals surface area contributed by atoms with Crippen LogP contribution < -0.4 is 10.1 Å². The fraction of sp³-hybridized carbons (Fsp3) is 0.235. The molecule has 0 saturated carbocycles. The number of halogens is 2. The van der Waals surface area contributed by atoms with Gasteiger partial charge in [-0.25, -0.2) is 0 Å². The minimum Gasteiger partial charge on any atom is -0.481 e. The normalized spacial score (nSPS) is 11.8. The smallest absolute Gasteiger partial charge is 0.265 e. The van der Waals surface area contributed by atoms with Gasteiger partial charge in [0.2, 0.25) is 0 Å². The summed E-state index contributed by atoms with van der Waals surface area (Å²) in [5, 5.41) is 3.99. The Morgan fingerprint density at radius 2 is 2.00 bits per heavy atom. The molecule has 0 saturated heterocycles. The van der Waals surface area contributed by atoms with Crippen molar-refractivity contribution < 1.29 is 9.53 Å². The minimum atomic E-state index is -0.599. The van der Waals surface area contributed by atoms with Crippen LogP contribution in [0.4, 0.5) is 5.69 Å². The second-order valence-corrected chi connectivity index (χ2v) is 5.77. The number of amides is 1. The molecule has 0 aromatic heterocycles. The Hall–Kier alpha value is -1.71. The summed E-state index contributed by atoms with van der Waals surface area (Å²) < 4.78 is 5.70. The van der Waals surface area contributed by atoms with E-state index in [2.05, 4.69) is 5.32 Å². The van der Waals surface area contributed by atoms with Crippen LogP contribution in [0.2, 0.25) is 10.0 Å². The number of carbonyl (C=O) groups excluding carboxylic acids is 1. The van der Waals surface area contributed by atoms with Gasteiger partial charge in [-0.05, 0) is 49.2 Å². The lowest BCUT2D eigenvalue weighted by molar-refractivity contribution is -0.122. The first-order chi connectivity index (χ1) is 10.5. The van der Waals surface area contributed by atoms with Gasteiger partial charge in [-0.1, -0.05) is 42.3 Å². The molecular formula is C17H17Cl2NO2. The number of benzene rings is 2. The van der Waals surface area contributed by atoms with E-state index in [1.807, 2.05) is 26.0 Å². The average Bonchev–Trinajstić information content (AvgIpc) is 2.48. The largest absolute Gasteiger partial charge is 0.481 e. The van der Waals surface area contributed by atoms with Gasteiger partial charge in [0.1, 0.15) is 5.75 Å². The van der Waals surface area contributed by atoms with Crippen molar-refractivity contribution in [2.24, 2.45) is 0 Å². The maximum Gasteiger partial charge on any atom is 0.265 e. The van der Waals surface area contributed by atoms with Crippen molar-refractivity contribution in [2.45, 2.75) is 26.4 Å². The van der Waals surface area contributed by atoms with E-state index < -0.39 is 6.10 Å². The second-order valence-electron chi connectivity index (χ2n) is 4.93. The van der Waals surface area contributed by atoms with Gasteiger partial charge in [-0.15, -0.1) is 0 Å². The number of carbonyl (C=O) groups is 1. The summed E-state index contributed by atoms with van der Waals surface area (Å²) in [6, 6.07) is 12.4. The van der Waals surface area contributed by atoms with Gasteiger partial charge in [0.15, 0.2) is 6.10 Å². The molecule has 0 spiro atoms. The summed E-state index contributed by atoms with van der Waals surface area (Å²) in [5.74, 6) is 0.346. The van der Waals surface area contributed by atoms with Crippen LogP contribution in [-0.4, -0.2) is 12.0 Å². The number of anilines is 1. The number of rotatable bonds is 5. The van der Waals surface area contributed by atoms with Gasteiger partial charge in [0.05, 0.1) is 0 Å². The molecular weight excluding hydrogens is 321 g/mol. The molecule has 0 aliphatic rings. The van der Waals surface area contributed by atoms with Crippen LogP contribution in [0.3, 0.4) is 0 Å². The predicted molar refractivity (Wildman–Crippen MR) is 91.0 cm³/mol. The van der Waals surface area contributed by atoms with Crippen molar-refractivity contribution in [2.75, 3.05) is 5.32 Å². The van der Waals surface area contributed by atoms with E-state index in [1.54, 1.807) is 30.3 Å². The average molecular weight is 338 g/mol. The Morgan fingerprint density at radius 3 is 2.64 bits per heavy atom. The van der Waals surface area contributed by atoms with Crippen molar-refractivity contribution in [3.05, 3.63) is 58.1 Å². The Morgan fingerprint density at radius 1 is 1.23 bits per heavy atom. The van der Waals surface area contributed by atoms with Gasteiger partial charge in [0, 0.05) is 15.7 Å². The van der Waals surface area contributed by atoms with Crippen LogP contribution in [0.15, 0.2) is 42.5 Å². The molecule has 0 heterocycles. The van der Waals surface area contributed by atoms with E-state index in [4.69, 9.17) is 27.9 Å². The van der Waals surface area contributed by atoms with Gasteiger partial charge < -0.3 is 10.1 Å². The fourth-order valence-electron chi connectivity index (χ4n) is 1.92. The Kier molecular flexibility index (Phi) is 5.69. The van der Waals surface area contributed by atoms with E-state index in [1.165, 1.54) is 0 Å². The summed E-state index contributed by atoms with van der Waals surface area (Å²) in [6.45, 7) is 3.79. The molecule has 22 heavy (non-hydrogen) atoms. The van der Waals surface area contributed by atoms with Crippen molar-refractivity contribution in [1.29, 1.82) is 0 Å². The molecule has 2 rings (SSSR count). The van der Waals surface area contributed by atoms with E-state index in [-0.39, 0.29) is 5.91 Å². The minimum absolute atomic E-state index is 0.220. The highest BCUT2D eigenvalue weighted by Crippen LogP contribution is 2.22. The Labute approximate surface area is 140 Å². The Balaban J connectivity index is 2.06. The molecule has 1 atom stereocenters. The second kappa shape index (κ2) is 7.52. The first-order valence-corrected chi connectivity index (χ1v) is 7.74. The molecule has 2 aromatic carbocycles. The van der Waals surface area contributed by atoms with Gasteiger partial charge >= 0.3 is 0 Å². The summed E-state index contributed by atoms with van der Waals surface area (Å²) in [6.07, 6.45) is -0.0589. The monoisotopic (exact) mass is 337 g/mol. The molecule has 0 fully saturated rings. The standard InChI is InChI=1S/C17H17Cl2NO2/c1-3-16(22-14-6-4-5-12(18)9-14)17(21)20-13-8-7-11(2)15(19)10-13/h4-10,16H,3H2,1-2H3,(H,20,21)/t16-/m1/s1. The zero-order valence-corrected chi connectivity index (χ0v) is 13.9. The van der Waals surface area contributed by atoms with E-state index in [0.29, 0.717) is 27.9 Å². The molecule has 0 bridgehead atoms. The molecule has 1 amide bonds. The first-order valence-electron chi connectivity index (χ1n) is 6.99. The van der Waals surface area contributed by atoms with Gasteiger partial charge in [-0.2, -0.15) is 0 Å². The molecule has 0 radical (unpaired) electrons. The lowest BCUT2D eigenvalue weighted by Gasteiger charge is -2.17. The number of aryl methyl sites for hydroxylation is 1. The zero-order valence-electron chi connectivity index (χ0n) is 12.4. The number of ether oxygens (including phenoxy) is 1. The van der Waals surface area contributed by atoms with Crippen LogP contribution in [0.25, 0.3) is 0 Å². The zero-order chi connectivity index (χ0) is 16.1. The topological polar surface area (TPSA) is 38.3 Å². The van der Waals surface area contributed by atoms with Crippen molar-refractivity contribution >= 4 is 34.8 Å². The lowest BCUT2D eigenvalue weighted by atomic mass is 10.2. The lowest BCUT2D eigenvalue weighted by Crippen LogP contribution is -2.32. The van der Waals surface area contributed by atoms with E-state index >= 15 is 0 Å². The SMILES string of the molecule is CC[C@@H](Oc1cccc(Cl)c1)C(=O)Nc1ccc(C)c(Cl)c1. The third-order valence-electron chi connectivity index (χ3n) is 3.18.